The number of hydrogen-bond donors (Lipinski definition) is 1. The first-order valence-electron chi connectivity index (χ1n) is 11.9. The summed E-state index contributed by atoms with van der Waals surface area (Å²) in [6.45, 7) is 4.77. The third kappa shape index (κ3) is 3.95. The van der Waals surface area contributed by atoms with E-state index in [1.807, 2.05) is 29.8 Å². The molecular weight excluding hydrogens is 422 g/mol. The van der Waals surface area contributed by atoms with Gasteiger partial charge in [0, 0.05) is 48.4 Å². The highest BCUT2D eigenvalue weighted by atomic mass is 16.3. The second-order valence-electron chi connectivity index (χ2n) is 9.18. The van der Waals surface area contributed by atoms with Crippen LogP contribution in [0.25, 0.3) is 39.1 Å². The molecule has 0 bridgehead atoms. The largest absolute Gasteiger partial charge is 0.393 e. The normalized spacial score (nSPS) is 15.4. The Balaban J connectivity index is 1.43. The van der Waals surface area contributed by atoms with E-state index in [1.165, 1.54) is 5.56 Å². The van der Waals surface area contributed by atoms with Gasteiger partial charge in [0.05, 0.1) is 17.5 Å². The van der Waals surface area contributed by atoms with Gasteiger partial charge in [-0.2, -0.15) is 9.61 Å². The fraction of sp³-hybridized carbons (Fsp3) is 0.250. The first kappa shape index (κ1) is 21.0. The second-order valence-corrected chi connectivity index (χ2v) is 9.18. The summed E-state index contributed by atoms with van der Waals surface area (Å²) in [6.07, 6.45) is 3.45. The van der Waals surface area contributed by atoms with Gasteiger partial charge in [-0.05, 0) is 37.0 Å². The van der Waals surface area contributed by atoms with Gasteiger partial charge in [-0.1, -0.05) is 54.6 Å². The van der Waals surface area contributed by atoms with E-state index >= 15 is 0 Å². The summed E-state index contributed by atoms with van der Waals surface area (Å²) in [5.41, 5.74) is 8.03. The predicted octanol–water partition coefficient (Wildman–Crippen LogP) is 4.88. The minimum atomic E-state index is -0.144. The van der Waals surface area contributed by atoms with Gasteiger partial charge in [0.1, 0.15) is 0 Å². The molecule has 1 N–H and O–H groups in total. The van der Waals surface area contributed by atoms with Gasteiger partial charge in [0.25, 0.3) is 0 Å². The third-order valence-electron chi connectivity index (χ3n) is 6.66. The molecule has 0 amide bonds. The Morgan fingerprint density at radius 3 is 2.47 bits per heavy atom. The van der Waals surface area contributed by atoms with Crippen molar-refractivity contribution in [3.63, 3.8) is 0 Å². The maximum absolute atomic E-state index is 9.77. The molecule has 0 aliphatic carbocycles. The maximum atomic E-state index is 9.77. The summed E-state index contributed by atoms with van der Waals surface area (Å²) in [7, 11) is 0. The SMILES string of the molecule is Cc1cc2ncc3cc(-c4ccccc4)c(-c4ccc(CN5CCC(O)CC5)cc4)nc3n2n1. The number of aliphatic hydroxyl groups excluding tert-OH is 1. The zero-order chi connectivity index (χ0) is 23.1. The smallest absolute Gasteiger partial charge is 0.165 e. The molecule has 0 spiro atoms. The van der Waals surface area contributed by atoms with E-state index in [2.05, 4.69) is 69.6 Å². The highest BCUT2D eigenvalue weighted by Gasteiger charge is 2.18. The van der Waals surface area contributed by atoms with Gasteiger partial charge in [0.2, 0.25) is 0 Å². The number of fused-ring (bicyclic) bond motifs is 3. The topological polar surface area (TPSA) is 66.5 Å². The van der Waals surface area contributed by atoms with Crippen LogP contribution in [0, 0.1) is 6.92 Å². The average molecular weight is 450 g/mol. The molecule has 1 aliphatic rings. The monoisotopic (exact) mass is 449 g/mol. The highest BCUT2D eigenvalue weighted by molar-refractivity contribution is 5.90. The van der Waals surface area contributed by atoms with E-state index in [1.54, 1.807) is 0 Å². The number of hydrogen-bond acceptors (Lipinski definition) is 5. The minimum Gasteiger partial charge on any atom is -0.393 e. The fourth-order valence-electron chi connectivity index (χ4n) is 4.81. The molecule has 3 aromatic heterocycles. The maximum Gasteiger partial charge on any atom is 0.165 e. The standard InChI is InChI=1S/C28H27N5O/c1-19-15-26-29-17-23-16-25(21-5-3-2-4-6-21)27(30-28(23)33(26)31-19)22-9-7-20(8-10-22)18-32-13-11-24(34)12-14-32/h2-10,15-17,24,34H,11-14,18H2,1H3. The molecule has 1 saturated heterocycles. The first-order valence-corrected chi connectivity index (χ1v) is 11.9. The number of piperidine rings is 1. The third-order valence-corrected chi connectivity index (χ3v) is 6.66. The van der Waals surface area contributed by atoms with Crippen LogP contribution in [0.5, 0.6) is 0 Å². The molecule has 6 heteroatoms. The molecule has 1 fully saturated rings. The molecule has 170 valence electrons. The molecule has 0 atom stereocenters. The zero-order valence-electron chi connectivity index (χ0n) is 19.2. The van der Waals surface area contributed by atoms with Crippen LogP contribution in [-0.2, 0) is 6.54 Å². The summed E-state index contributed by atoms with van der Waals surface area (Å²) in [4.78, 5) is 12.1. The van der Waals surface area contributed by atoms with Crippen molar-refractivity contribution in [1.82, 2.24) is 24.5 Å². The van der Waals surface area contributed by atoms with Gasteiger partial charge in [-0.3, -0.25) is 4.90 Å². The number of rotatable bonds is 4. The van der Waals surface area contributed by atoms with Gasteiger partial charge >= 0.3 is 0 Å². The second kappa shape index (κ2) is 8.63. The van der Waals surface area contributed by atoms with Crippen LogP contribution in [0.4, 0.5) is 0 Å². The Hall–Kier alpha value is -3.61. The molecule has 0 unspecified atom stereocenters. The summed E-state index contributed by atoms with van der Waals surface area (Å²) in [6, 6.07) is 23.3. The molecule has 5 aromatic rings. The van der Waals surface area contributed by atoms with E-state index < -0.39 is 0 Å². The quantitative estimate of drug-likeness (QED) is 0.424. The van der Waals surface area contributed by atoms with E-state index in [-0.39, 0.29) is 6.10 Å². The summed E-state index contributed by atoms with van der Waals surface area (Å²) >= 11 is 0. The van der Waals surface area contributed by atoms with Crippen LogP contribution in [0.15, 0.2) is 72.9 Å². The fourth-order valence-corrected chi connectivity index (χ4v) is 4.81. The molecule has 4 heterocycles. The van der Waals surface area contributed by atoms with Crippen molar-refractivity contribution in [3.8, 4) is 22.4 Å². The van der Waals surface area contributed by atoms with Gasteiger partial charge in [-0.25, -0.2) is 9.97 Å². The first-order chi connectivity index (χ1) is 16.6. The van der Waals surface area contributed by atoms with Crippen LogP contribution in [0.3, 0.4) is 0 Å². The molecule has 34 heavy (non-hydrogen) atoms. The molecule has 1 aliphatic heterocycles. The molecule has 0 radical (unpaired) electrons. The van der Waals surface area contributed by atoms with Gasteiger partial charge in [0.15, 0.2) is 11.3 Å². The van der Waals surface area contributed by atoms with E-state index in [4.69, 9.17) is 4.98 Å². The van der Waals surface area contributed by atoms with Crippen LogP contribution >= 0.6 is 0 Å². The van der Waals surface area contributed by atoms with Crippen molar-refractivity contribution in [2.24, 2.45) is 0 Å². The van der Waals surface area contributed by atoms with Crippen molar-refractivity contribution < 1.29 is 5.11 Å². The lowest BCUT2D eigenvalue weighted by Crippen LogP contribution is -2.35. The summed E-state index contributed by atoms with van der Waals surface area (Å²) in [5.74, 6) is 0. The van der Waals surface area contributed by atoms with Crippen LogP contribution in [0.2, 0.25) is 0 Å². The Morgan fingerprint density at radius 2 is 1.71 bits per heavy atom. The van der Waals surface area contributed by atoms with E-state index in [9.17, 15) is 5.11 Å². The van der Waals surface area contributed by atoms with Crippen LogP contribution in [-0.4, -0.2) is 48.8 Å². The lowest BCUT2D eigenvalue weighted by atomic mass is 9.97. The van der Waals surface area contributed by atoms with Crippen molar-refractivity contribution in [2.45, 2.75) is 32.4 Å². The number of benzene rings is 2. The van der Waals surface area contributed by atoms with Crippen LogP contribution < -0.4 is 0 Å². The van der Waals surface area contributed by atoms with Crippen LogP contribution in [0.1, 0.15) is 24.1 Å². The van der Waals surface area contributed by atoms with E-state index in [0.717, 1.165) is 77.2 Å². The zero-order valence-corrected chi connectivity index (χ0v) is 19.2. The van der Waals surface area contributed by atoms with Crippen molar-refractivity contribution in [3.05, 3.63) is 84.2 Å². The lowest BCUT2D eigenvalue weighted by molar-refractivity contribution is 0.0792. The minimum absolute atomic E-state index is 0.144. The Labute approximate surface area is 198 Å². The summed E-state index contributed by atoms with van der Waals surface area (Å²) in [5, 5.41) is 15.4. The molecule has 6 nitrogen and oxygen atoms in total. The molecule has 2 aromatic carbocycles. The number of aromatic nitrogens is 4. The molecular formula is C28H27N5O. The van der Waals surface area contributed by atoms with Crippen molar-refractivity contribution >= 4 is 16.7 Å². The summed E-state index contributed by atoms with van der Waals surface area (Å²) < 4.78 is 1.84. The van der Waals surface area contributed by atoms with Crippen molar-refractivity contribution in [2.75, 3.05) is 13.1 Å². The van der Waals surface area contributed by atoms with Gasteiger partial charge < -0.3 is 5.11 Å². The number of aryl methyl sites for hydroxylation is 1. The Kier molecular flexibility index (Phi) is 5.32. The van der Waals surface area contributed by atoms with Crippen molar-refractivity contribution in [1.29, 1.82) is 0 Å². The number of pyridine rings is 1. The average Bonchev–Trinajstić information content (AvgIpc) is 3.26. The molecule has 6 rings (SSSR count). The number of nitrogens with zero attached hydrogens (tertiary/aromatic N) is 5. The Bertz CT molecular complexity index is 1450. The van der Waals surface area contributed by atoms with Gasteiger partial charge in [-0.15, -0.1) is 0 Å². The number of likely N-dealkylation sites (tertiary alicyclic amines) is 1. The van der Waals surface area contributed by atoms with E-state index in [0.29, 0.717) is 0 Å². The highest BCUT2D eigenvalue weighted by Crippen LogP contribution is 2.33. The predicted molar refractivity (Wildman–Crippen MR) is 134 cm³/mol. The lowest BCUT2D eigenvalue weighted by Gasteiger charge is -2.29. The number of aliphatic hydroxyl groups is 1. The Morgan fingerprint density at radius 1 is 0.941 bits per heavy atom. The molecule has 0 saturated carbocycles.